The van der Waals surface area contributed by atoms with Gasteiger partial charge in [-0.1, -0.05) is 18.2 Å². The summed E-state index contributed by atoms with van der Waals surface area (Å²) in [5.74, 6) is 1.19. The van der Waals surface area contributed by atoms with Crippen LogP contribution in [0.1, 0.15) is 10.4 Å². The third-order valence-corrected chi connectivity index (χ3v) is 2.92. The number of hydrogen-bond acceptors (Lipinski definition) is 4. The molecule has 0 amide bonds. The molecule has 0 atom stereocenters. The second kappa shape index (κ2) is 5.48. The maximum atomic E-state index is 12.0. The molecule has 1 aliphatic heterocycles. The summed E-state index contributed by atoms with van der Waals surface area (Å²) >= 11 is 0. The van der Waals surface area contributed by atoms with Crippen molar-refractivity contribution in [3.8, 4) is 11.5 Å². The van der Waals surface area contributed by atoms with E-state index < -0.39 is 0 Å². The lowest BCUT2D eigenvalue weighted by Crippen LogP contribution is -1.96. The lowest BCUT2D eigenvalue weighted by molar-refractivity contribution is 0.104. The smallest absolute Gasteiger partial charge is 0.231 e. The van der Waals surface area contributed by atoms with Crippen molar-refractivity contribution in [1.29, 1.82) is 0 Å². The Morgan fingerprint density at radius 2 is 1.85 bits per heavy atom. The van der Waals surface area contributed by atoms with Gasteiger partial charge in [0, 0.05) is 23.5 Å². The zero-order valence-electron chi connectivity index (χ0n) is 10.7. The predicted molar refractivity (Wildman–Crippen MR) is 76.1 cm³/mol. The number of carbonyl (C=O) groups is 1. The number of fused-ring (bicyclic) bond motifs is 1. The van der Waals surface area contributed by atoms with Crippen LogP contribution in [0.2, 0.25) is 0 Å². The highest BCUT2D eigenvalue weighted by molar-refractivity contribution is 6.05. The highest BCUT2D eigenvalue weighted by Gasteiger charge is 2.14. The van der Waals surface area contributed by atoms with Crippen LogP contribution in [0.15, 0.2) is 60.8 Å². The van der Waals surface area contributed by atoms with Crippen LogP contribution in [-0.4, -0.2) is 12.6 Å². The summed E-state index contributed by atoms with van der Waals surface area (Å²) in [5.41, 5.74) is 1.50. The first-order chi connectivity index (χ1) is 9.83. The van der Waals surface area contributed by atoms with E-state index in [4.69, 9.17) is 9.47 Å². The van der Waals surface area contributed by atoms with Crippen molar-refractivity contribution in [1.82, 2.24) is 0 Å². The lowest BCUT2D eigenvalue weighted by atomic mass is 10.1. The minimum atomic E-state index is -0.0910. The minimum Gasteiger partial charge on any atom is -0.454 e. The molecule has 2 aromatic rings. The molecule has 0 radical (unpaired) electrons. The molecule has 1 heterocycles. The Balaban J connectivity index is 1.67. The Morgan fingerprint density at radius 1 is 1.05 bits per heavy atom. The summed E-state index contributed by atoms with van der Waals surface area (Å²) in [6.07, 6.45) is 3.12. The zero-order valence-corrected chi connectivity index (χ0v) is 10.7. The summed E-state index contributed by atoms with van der Waals surface area (Å²) in [6, 6.07) is 14.8. The summed E-state index contributed by atoms with van der Waals surface area (Å²) in [7, 11) is 0. The first-order valence-corrected chi connectivity index (χ1v) is 6.25. The molecule has 0 aliphatic carbocycles. The minimum absolute atomic E-state index is 0.0910. The normalized spacial score (nSPS) is 12.6. The van der Waals surface area contributed by atoms with Crippen LogP contribution in [0, 0.1) is 0 Å². The van der Waals surface area contributed by atoms with Gasteiger partial charge in [0.25, 0.3) is 0 Å². The topological polar surface area (TPSA) is 47.6 Å². The fourth-order valence-electron chi connectivity index (χ4n) is 1.89. The van der Waals surface area contributed by atoms with E-state index in [0.717, 1.165) is 5.69 Å². The van der Waals surface area contributed by atoms with Crippen LogP contribution in [0.4, 0.5) is 5.69 Å². The van der Waals surface area contributed by atoms with E-state index in [1.807, 2.05) is 30.3 Å². The van der Waals surface area contributed by atoms with Gasteiger partial charge in [-0.3, -0.25) is 4.79 Å². The number of ether oxygens (including phenoxy) is 2. The third-order valence-electron chi connectivity index (χ3n) is 2.92. The van der Waals surface area contributed by atoms with Crippen LogP contribution >= 0.6 is 0 Å². The fourth-order valence-corrected chi connectivity index (χ4v) is 1.89. The summed E-state index contributed by atoms with van der Waals surface area (Å²) < 4.78 is 10.5. The molecule has 20 heavy (non-hydrogen) atoms. The van der Waals surface area contributed by atoms with Gasteiger partial charge in [-0.2, -0.15) is 0 Å². The fraction of sp³-hybridized carbons (Fsp3) is 0.0625. The van der Waals surface area contributed by atoms with Crippen molar-refractivity contribution in [2.45, 2.75) is 0 Å². The molecule has 0 fully saturated rings. The number of allylic oxidation sites excluding steroid dienone is 1. The summed E-state index contributed by atoms with van der Waals surface area (Å²) in [5, 5.41) is 3.04. The Hall–Kier alpha value is -2.75. The maximum absolute atomic E-state index is 12.0. The van der Waals surface area contributed by atoms with E-state index in [-0.39, 0.29) is 12.6 Å². The number of rotatable bonds is 4. The standard InChI is InChI=1S/C16H13NO3/c18-14(8-9-17-13-4-2-1-3-5-13)12-6-7-15-16(10-12)20-11-19-15/h1-10,17H,11H2/b9-8+. The molecule has 3 rings (SSSR count). The Bertz CT molecular complexity index is 650. The summed E-state index contributed by atoms with van der Waals surface area (Å²) in [6.45, 7) is 0.207. The SMILES string of the molecule is O=C(/C=C/Nc1ccccc1)c1ccc2c(c1)OCO2. The van der Waals surface area contributed by atoms with Crippen molar-refractivity contribution in [2.75, 3.05) is 12.1 Å². The van der Waals surface area contributed by atoms with E-state index in [2.05, 4.69) is 5.32 Å². The van der Waals surface area contributed by atoms with E-state index in [0.29, 0.717) is 17.1 Å². The van der Waals surface area contributed by atoms with Crippen LogP contribution in [0.25, 0.3) is 0 Å². The molecule has 100 valence electrons. The molecule has 2 aromatic carbocycles. The van der Waals surface area contributed by atoms with E-state index in [9.17, 15) is 4.79 Å². The second-order valence-electron chi connectivity index (χ2n) is 4.28. The monoisotopic (exact) mass is 267 g/mol. The summed E-state index contributed by atoms with van der Waals surface area (Å²) in [4.78, 5) is 12.0. The molecule has 0 saturated carbocycles. The van der Waals surface area contributed by atoms with Crippen LogP contribution in [-0.2, 0) is 0 Å². The van der Waals surface area contributed by atoms with Crippen molar-refractivity contribution in [3.05, 3.63) is 66.4 Å². The van der Waals surface area contributed by atoms with Crippen molar-refractivity contribution >= 4 is 11.5 Å². The second-order valence-corrected chi connectivity index (χ2v) is 4.28. The molecule has 1 N–H and O–H groups in total. The molecule has 0 spiro atoms. The zero-order chi connectivity index (χ0) is 13.8. The van der Waals surface area contributed by atoms with Gasteiger partial charge < -0.3 is 14.8 Å². The molecule has 0 unspecified atom stereocenters. The van der Waals surface area contributed by atoms with Gasteiger partial charge in [0.1, 0.15) is 0 Å². The van der Waals surface area contributed by atoms with Crippen LogP contribution in [0.3, 0.4) is 0 Å². The predicted octanol–water partition coefficient (Wildman–Crippen LogP) is 3.22. The molecule has 0 saturated heterocycles. The number of benzene rings is 2. The Morgan fingerprint density at radius 3 is 2.70 bits per heavy atom. The molecule has 1 aliphatic rings. The molecule has 4 heteroatoms. The van der Waals surface area contributed by atoms with E-state index >= 15 is 0 Å². The Labute approximate surface area is 116 Å². The van der Waals surface area contributed by atoms with E-state index in [1.165, 1.54) is 6.08 Å². The maximum Gasteiger partial charge on any atom is 0.231 e. The highest BCUT2D eigenvalue weighted by Crippen LogP contribution is 2.32. The quantitative estimate of drug-likeness (QED) is 0.682. The Kier molecular flexibility index (Phi) is 3.37. The van der Waals surface area contributed by atoms with Crippen molar-refractivity contribution < 1.29 is 14.3 Å². The number of carbonyl (C=O) groups excluding carboxylic acids is 1. The van der Waals surface area contributed by atoms with Gasteiger partial charge in [-0.15, -0.1) is 0 Å². The first kappa shape index (κ1) is 12.3. The molecule has 0 aromatic heterocycles. The van der Waals surface area contributed by atoms with Gasteiger partial charge in [0.05, 0.1) is 0 Å². The number of nitrogens with one attached hydrogen (secondary N) is 1. The number of hydrogen-bond donors (Lipinski definition) is 1. The van der Waals surface area contributed by atoms with Crippen LogP contribution in [0.5, 0.6) is 11.5 Å². The van der Waals surface area contributed by atoms with E-state index in [1.54, 1.807) is 24.4 Å². The highest BCUT2D eigenvalue weighted by atomic mass is 16.7. The van der Waals surface area contributed by atoms with Gasteiger partial charge in [0.15, 0.2) is 17.3 Å². The molecular weight excluding hydrogens is 254 g/mol. The molecule has 0 bridgehead atoms. The van der Waals surface area contributed by atoms with Gasteiger partial charge in [-0.25, -0.2) is 0 Å². The average molecular weight is 267 g/mol. The van der Waals surface area contributed by atoms with Gasteiger partial charge >= 0.3 is 0 Å². The van der Waals surface area contributed by atoms with Crippen LogP contribution < -0.4 is 14.8 Å². The number of ketones is 1. The number of anilines is 1. The van der Waals surface area contributed by atoms with Crippen molar-refractivity contribution in [2.24, 2.45) is 0 Å². The van der Waals surface area contributed by atoms with Gasteiger partial charge in [-0.05, 0) is 30.3 Å². The average Bonchev–Trinajstić information content (AvgIpc) is 2.95. The molecule has 4 nitrogen and oxygen atoms in total. The molecular formula is C16H13NO3. The lowest BCUT2D eigenvalue weighted by Gasteiger charge is -2.00. The first-order valence-electron chi connectivity index (χ1n) is 6.25. The largest absolute Gasteiger partial charge is 0.454 e. The number of para-hydroxylation sites is 1. The third kappa shape index (κ3) is 2.64. The van der Waals surface area contributed by atoms with Crippen molar-refractivity contribution in [3.63, 3.8) is 0 Å². The van der Waals surface area contributed by atoms with Gasteiger partial charge in [0.2, 0.25) is 6.79 Å².